The maximum atomic E-state index is 2.46. The van der Waals surface area contributed by atoms with Crippen LogP contribution in [0.25, 0.3) is 55.6 Å². The van der Waals surface area contributed by atoms with Gasteiger partial charge in [-0.25, -0.2) is 0 Å². The highest BCUT2D eigenvalue weighted by molar-refractivity contribution is 5.97. The Morgan fingerprint density at radius 2 is 0.607 bits per heavy atom. The van der Waals surface area contributed by atoms with E-state index in [0.717, 1.165) is 17.1 Å². The van der Waals surface area contributed by atoms with Gasteiger partial charge in [0.25, 0.3) is 0 Å². The number of fused-ring (bicyclic) bond motifs is 10. The molecule has 56 heavy (non-hydrogen) atoms. The van der Waals surface area contributed by atoms with Gasteiger partial charge in [0.1, 0.15) is 0 Å². The zero-order valence-corrected chi connectivity index (χ0v) is 30.8. The van der Waals surface area contributed by atoms with Gasteiger partial charge in [0, 0.05) is 17.1 Å². The third kappa shape index (κ3) is 4.95. The second kappa shape index (κ2) is 13.0. The molecule has 0 heterocycles. The molecule has 2 aliphatic rings. The summed E-state index contributed by atoms with van der Waals surface area (Å²) in [4.78, 5) is 2.41. The molecule has 2 aliphatic carbocycles. The average molecular weight is 712 g/mol. The van der Waals surface area contributed by atoms with E-state index in [1.807, 2.05) is 0 Å². The van der Waals surface area contributed by atoms with Crippen molar-refractivity contribution in [3.05, 3.63) is 247 Å². The molecule has 0 radical (unpaired) electrons. The lowest BCUT2D eigenvalue weighted by atomic mass is 9.70. The Morgan fingerprint density at radius 1 is 0.232 bits per heavy atom. The number of benzene rings is 9. The zero-order valence-electron chi connectivity index (χ0n) is 30.8. The molecule has 0 unspecified atom stereocenters. The lowest BCUT2D eigenvalue weighted by molar-refractivity contribution is 0.794. The molecule has 1 nitrogen and oxygen atoms in total. The Kier molecular flexibility index (Phi) is 7.47. The van der Waals surface area contributed by atoms with Crippen molar-refractivity contribution in [1.82, 2.24) is 0 Å². The quantitative estimate of drug-likeness (QED) is 0.166. The van der Waals surface area contributed by atoms with Crippen molar-refractivity contribution in [2.75, 3.05) is 4.90 Å². The molecule has 0 atom stereocenters. The molecule has 0 aromatic heterocycles. The maximum Gasteiger partial charge on any atom is 0.0725 e. The molecule has 0 saturated carbocycles. The second-order valence-corrected chi connectivity index (χ2v) is 14.9. The molecule has 9 aromatic carbocycles. The molecule has 0 amide bonds. The van der Waals surface area contributed by atoms with E-state index in [0.29, 0.717) is 0 Å². The maximum absolute atomic E-state index is 2.46. The van der Waals surface area contributed by atoms with Gasteiger partial charge in [0.05, 0.1) is 5.41 Å². The van der Waals surface area contributed by atoms with Crippen molar-refractivity contribution >= 4 is 17.1 Å². The monoisotopic (exact) mass is 711 g/mol. The Morgan fingerprint density at radius 3 is 1.12 bits per heavy atom. The van der Waals surface area contributed by atoms with Gasteiger partial charge in [-0.1, -0.05) is 182 Å². The van der Waals surface area contributed by atoms with Crippen LogP contribution in [0, 0.1) is 0 Å². The van der Waals surface area contributed by atoms with Crippen molar-refractivity contribution in [3.8, 4) is 55.6 Å². The summed E-state index contributed by atoms with van der Waals surface area (Å²) in [6.07, 6.45) is 0. The molecule has 1 spiro atoms. The van der Waals surface area contributed by atoms with Crippen LogP contribution < -0.4 is 4.90 Å². The minimum Gasteiger partial charge on any atom is -0.310 e. The van der Waals surface area contributed by atoms with Crippen LogP contribution in [-0.2, 0) is 5.41 Å². The second-order valence-electron chi connectivity index (χ2n) is 14.9. The summed E-state index contributed by atoms with van der Waals surface area (Å²) in [7, 11) is 0. The van der Waals surface area contributed by atoms with Gasteiger partial charge in [0.15, 0.2) is 0 Å². The van der Waals surface area contributed by atoms with E-state index in [1.165, 1.54) is 77.9 Å². The van der Waals surface area contributed by atoms with Crippen LogP contribution in [0.5, 0.6) is 0 Å². The van der Waals surface area contributed by atoms with Gasteiger partial charge in [-0.05, 0) is 120 Å². The fraction of sp³-hybridized carbons (Fsp3) is 0.0182. The van der Waals surface area contributed by atoms with Gasteiger partial charge < -0.3 is 4.90 Å². The van der Waals surface area contributed by atoms with Crippen molar-refractivity contribution in [1.29, 1.82) is 0 Å². The van der Waals surface area contributed by atoms with Crippen LogP contribution in [0.15, 0.2) is 224 Å². The molecule has 0 fully saturated rings. The first-order valence-electron chi connectivity index (χ1n) is 19.4. The largest absolute Gasteiger partial charge is 0.310 e. The number of hydrogen-bond donors (Lipinski definition) is 0. The summed E-state index contributed by atoms with van der Waals surface area (Å²) in [5, 5.41) is 0. The zero-order chi connectivity index (χ0) is 37.1. The molecule has 0 saturated heterocycles. The molecule has 0 aliphatic heterocycles. The Labute approximate surface area is 328 Å². The summed E-state index contributed by atoms with van der Waals surface area (Å²) in [6.45, 7) is 0. The van der Waals surface area contributed by atoms with Gasteiger partial charge in [-0.15, -0.1) is 0 Å². The van der Waals surface area contributed by atoms with Gasteiger partial charge in [0.2, 0.25) is 0 Å². The van der Waals surface area contributed by atoms with Crippen molar-refractivity contribution in [3.63, 3.8) is 0 Å². The van der Waals surface area contributed by atoms with E-state index in [1.54, 1.807) is 0 Å². The molecule has 11 rings (SSSR count). The van der Waals surface area contributed by atoms with Gasteiger partial charge in [-0.3, -0.25) is 0 Å². The molecule has 0 bridgehead atoms. The van der Waals surface area contributed by atoms with E-state index in [4.69, 9.17) is 0 Å². The van der Waals surface area contributed by atoms with Gasteiger partial charge >= 0.3 is 0 Å². The molecular weight excluding hydrogens is 675 g/mol. The first-order valence-corrected chi connectivity index (χ1v) is 19.4. The average Bonchev–Trinajstić information content (AvgIpc) is 3.74. The summed E-state index contributed by atoms with van der Waals surface area (Å²) < 4.78 is 0. The summed E-state index contributed by atoms with van der Waals surface area (Å²) in [5.74, 6) is 0. The van der Waals surface area contributed by atoms with Gasteiger partial charge in [-0.2, -0.15) is 0 Å². The standard InChI is InChI=1S/C55H37N/c1-4-14-38(15-5-1)41-24-29-44(30-25-41)56(45-31-26-42(27-32-45)39-16-6-2-7-17-39)46-33-35-53-50(37-46)49-34-28-43(40-18-8-3-9-19-40)36-54(49)55(53)51-22-12-10-20-47(51)48-21-11-13-23-52(48)55/h1-37H. The molecule has 0 N–H and O–H groups in total. The molecule has 9 aromatic rings. The van der Waals surface area contributed by atoms with Crippen LogP contribution >= 0.6 is 0 Å². The number of hydrogen-bond acceptors (Lipinski definition) is 1. The summed E-state index contributed by atoms with van der Waals surface area (Å²) in [5.41, 5.74) is 20.8. The van der Waals surface area contributed by atoms with Crippen molar-refractivity contribution in [2.24, 2.45) is 0 Å². The normalized spacial score (nSPS) is 12.8. The Bertz CT molecular complexity index is 2750. The SMILES string of the molecule is c1ccc(-c2ccc(N(c3ccc(-c4ccccc4)cc3)c3ccc4c(c3)-c3ccc(-c5ccccc5)cc3C43c4ccccc4-c4ccccc43)cc2)cc1. The fourth-order valence-electron chi connectivity index (χ4n) is 9.40. The van der Waals surface area contributed by atoms with Crippen molar-refractivity contribution < 1.29 is 0 Å². The van der Waals surface area contributed by atoms with Crippen LogP contribution in [0.2, 0.25) is 0 Å². The van der Waals surface area contributed by atoms with Crippen LogP contribution in [0.3, 0.4) is 0 Å². The van der Waals surface area contributed by atoms with Crippen molar-refractivity contribution in [2.45, 2.75) is 5.41 Å². The van der Waals surface area contributed by atoms with E-state index in [2.05, 4.69) is 229 Å². The highest BCUT2D eigenvalue weighted by Gasteiger charge is 2.51. The third-order valence-corrected chi connectivity index (χ3v) is 11.9. The van der Waals surface area contributed by atoms with Crippen LogP contribution in [0.4, 0.5) is 17.1 Å². The van der Waals surface area contributed by atoms with Crippen LogP contribution in [0.1, 0.15) is 22.3 Å². The Balaban J connectivity index is 1.12. The molecule has 262 valence electrons. The highest BCUT2D eigenvalue weighted by Crippen LogP contribution is 2.63. The number of anilines is 3. The highest BCUT2D eigenvalue weighted by atomic mass is 15.1. The first kappa shape index (κ1) is 32.2. The third-order valence-electron chi connectivity index (χ3n) is 11.9. The molecular formula is C55H37N. The topological polar surface area (TPSA) is 3.24 Å². The minimum absolute atomic E-state index is 0.430. The Hall–Kier alpha value is -7.22. The van der Waals surface area contributed by atoms with E-state index >= 15 is 0 Å². The van der Waals surface area contributed by atoms with E-state index in [9.17, 15) is 0 Å². The van der Waals surface area contributed by atoms with E-state index < -0.39 is 5.41 Å². The fourth-order valence-corrected chi connectivity index (χ4v) is 9.40. The number of rotatable bonds is 6. The summed E-state index contributed by atoms with van der Waals surface area (Å²) in [6, 6.07) is 82.4. The first-order chi connectivity index (χ1) is 27.8. The smallest absolute Gasteiger partial charge is 0.0725 e. The molecule has 1 heteroatoms. The van der Waals surface area contributed by atoms with E-state index in [-0.39, 0.29) is 0 Å². The summed E-state index contributed by atoms with van der Waals surface area (Å²) >= 11 is 0. The minimum atomic E-state index is -0.430. The predicted molar refractivity (Wildman–Crippen MR) is 234 cm³/mol. The lowest BCUT2D eigenvalue weighted by Gasteiger charge is -2.31. The lowest BCUT2D eigenvalue weighted by Crippen LogP contribution is -2.26. The number of nitrogens with zero attached hydrogens (tertiary/aromatic N) is 1. The van der Waals surface area contributed by atoms with Crippen LogP contribution in [-0.4, -0.2) is 0 Å². The predicted octanol–water partition coefficient (Wildman–Crippen LogP) is 14.5.